The third kappa shape index (κ3) is 4.57. The molecule has 5 heteroatoms. The Morgan fingerprint density at radius 2 is 1.59 bits per heavy atom. The van der Waals surface area contributed by atoms with Crippen LogP contribution in [0.15, 0.2) is 60.9 Å². The number of carbonyl (C=O) groups excluding carboxylic acids is 1. The maximum absolute atomic E-state index is 13.6. The minimum absolute atomic E-state index is 0.00149. The second-order valence-corrected chi connectivity index (χ2v) is 13.6. The fraction of sp³-hybridized carbons (Fsp3) is 0.333. The van der Waals surface area contributed by atoms with E-state index in [0.717, 1.165) is 22.1 Å². The Labute approximate surface area is 174 Å². The van der Waals surface area contributed by atoms with Gasteiger partial charge in [0.1, 0.15) is 11.9 Å². The molecule has 0 amide bonds. The van der Waals surface area contributed by atoms with E-state index in [4.69, 9.17) is 9.16 Å². The Morgan fingerprint density at radius 3 is 2.21 bits per heavy atom. The molecule has 0 saturated heterocycles. The van der Waals surface area contributed by atoms with E-state index in [2.05, 4.69) is 38.8 Å². The summed E-state index contributed by atoms with van der Waals surface area (Å²) in [5, 5.41) is 2.03. The summed E-state index contributed by atoms with van der Waals surface area (Å²) in [4.78, 5) is 17.7. The van der Waals surface area contributed by atoms with Gasteiger partial charge in [0.25, 0.3) is 0 Å². The van der Waals surface area contributed by atoms with Gasteiger partial charge in [0.15, 0.2) is 14.1 Å². The Balaban J connectivity index is 2.01. The lowest BCUT2D eigenvalue weighted by Crippen LogP contribution is -2.43. The first kappa shape index (κ1) is 21.2. The summed E-state index contributed by atoms with van der Waals surface area (Å²) in [6, 6.07) is 15.3. The molecule has 0 aliphatic carbocycles. The summed E-state index contributed by atoms with van der Waals surface area (Å²) in [7, 11) is -0.521. The molecule has 1 atom stereocenters. The van der Waals surface area contributed by atoms with Crippen LogP contribution in [0.2, 0.25) is 18.1 Å². The maximum Gasteiger partial charge on any atom is 0.194 e. The van der Waals surface area contributed by atoms with E-state index in [1.54, 1.807) is 19.5 Å². The Bertz CT molecular complexity index is 1010. The van der Waals surface area contributed by atoms with Crippen molar-refractivity contribution in [3.8, 4) is 5.75 Å². The molecule has 0 aliphatic rings. The van der Waals surface area contributed by atoms with E-state index in [1.165, 1.54) is 0 Å². The second-order valence-electron chi connectivity index (χ2n) is 8.83. The van der Waals surface area contributed by atoms with Crippen LogP contribution in [0.1, 0.15) is 42.8 Å². The first-order valence-corrected chi connectivity index (χ1v) is 12.7. The van der Waals surface area contributed by atoms with Crippen LogP contribution >= 0.6 is 0 Å². The Morgan fingerprint density at radius 1 is 0.966 bits per heavy atom. The van der Waals surface area contributed by atoms with E-state index >= 15 is 0 Å². The molecule has 1 unspecified atom stereocenters. The fourth-order valence-corrected chi connectivity index (χ4v) is 4.12. The molecule has 1 heterocycles. The highest BCUT2D eigenvalue weighted by molar-refractivity contribution is 6.74. The summed E-state index contributed by atoms with van der Waals surface area (Å²) in [6.07, 6.45) is 2.77. The van der Waals surface area contributed by atoms with E-state index in [0.29, 0.717) is 5.56 Å². The molecule has 0 spiro atoms. The molecule has 3 aromatic rings. The monoisotopic (exact) mass is 407 g/mol. The van der Waals surface area contributed by atoms with Crippen LogP contribution in [0, 0.1) is 0 Å². The third-order valence-electron chi connectivity index (χ3n) is 5.80. The predicted molar refractivity (Wildman–Crippen MR) is 120 cm³/mol. The third-order valence-corrected chi connectivity index (χ3v) is 10.2. The number of hydrogen-bond donors (Lipinski definition) is 0. The zero-order valence-corrected chi connectivity index (χ0v) is 19.0. The van der Waals surface area contributed by atoms with Gasteiger partial charge in [-0.1, -0.05) is 39.0 Å². The number of benzene rings is 2. The SMILES string of the molecule is COc1ccc2cc(C(=O)C(O[Si](C)(C)C(C)(C)C)c3ccncc3)ccc2c1. The molecule has 152 valence electrons. The van der Waals surface area contributed by atoms with Crippen LogP contribution in [-0.4, -0.2) is 26.2 Å². The maximum atomic E-state index is 13.6. The average molecular weight is 408 g/mol. The van der Waals surface area contributed by atoms with E-state index in [1.807, 2.05) is 48.5 Å². The minimum atomic E-state index is -2.17. The van der Waals surface area contributed by atoms with Crippen molar-refractivity contribution in [2.45, 2.75) is 45.0 Å². The summed E-state index contributed by atoms with van der Waals surface area (Å²) in [5.41, 5.74) is 1.48. The van der Waals surface area contributed by atoms with E-state index < -0.39 is 14.4 Å². The van der Waals surface area contributed by atoms with Gasteiger partial charge in [-0.05, 0) is 64.8 Å². The number of carbonyl (C=O) groups is 1. The smallest absolute Gasteiger partial charge is 0.194 e. The average Bonchev–Trinajstić information content (AvgIpc) is 2.70. The van der Waals surface area contributed by atoms with Crippen molar-refractivity contribution >= 4 is 24.9 Å². The first-order valence-electron chi connectivity index (χ1n) is 9.82. The van der Waals surface area contributed by atoms with E-state index in [-0.39, 0.29) is 10.8 Å². The first-order chi connectivity index (χ1) is 13.6. The van der Waals surface area contributed by atoms with Crippen molar-refractivity contribution in [2.24, 2.45) is 0 Å². The summed E-state index contributed by atoms with van der Waals surface area (Å²) in [6.45, 7) is 10.9. The number of Topliss-reactive ketones (excluding diaryl/α,β-unsaturated/α-hetero) is 1. The van der Waals surface area contributed by atoms with Crippen LogP contribution in [-0.2, 0) is 4.43 Å². The molecule has 2 aromatic carbocycles. The number of methoxy groups -OCH3 is 1. The quantitative estimate of drug-likeness (QED) is 0.361. The molecule has 3 rings (SSSR count). The van der Waals surface area contributed by atoms with Crippen molar-refractivity contribution < 1.29 is 14.0 Å². The van der Waals surface area contributed by atoms with Crippen molar-refractivity contribution in [1.82, 2.24) is 4.98 Å². The highest BCUT2D eigenvalue weighted by atomic mass is 28.4. The lowest BCUT2D eigenvalue weighted by Gasteiger charge is -2.39. The van der Waals surface area contributed by atoms with Gasteiger partial charge in [-0.3, -0.25) is 9.78 Å². The molecule has 0 radical (unpaired) electrons. The zero-order chi connectivity index (χ0) is 21.2. The van der Waals surface area contributed by atoms with Gasteiger partial charge >= 0.3 is 0 Å². The number of hydrogen-bond acceptors (Lipinski definition) is 4. The lowest BCUT2D eigenvalue weighted by molar-refractivity contribution is 0.0767. The van der Waals surface area contributed by atoms with Crippen LogP contribution in [0.3, 0.4) is 0 Å². The topological polar surface area (TPSA) is 48.4 Å². The molecule has 4 nitrogen and oxygen atoms in total. The number of rotatable bonds is 6. The standard InChI is InChI=1S/C24H29NO3Si/c1-24(2,3)29(5,6)28-23(17-11-13-25-14-12-17)22(26)20-8-7-19-16-21(27-4)10-9-18(19)15-20/h7-16,23H,1-6H3. The predicted octanol–water partition coefficient (Wildman–Crippen LogP) is 6.19. The second kappa shape index (κ2) is 8.09. The molecule has 0 bridgehead atoms. The number of ketones is 1. The zero-order valence-electron chi connectivity index (χ0n) is 18.0. The van der Waals surface area contributed by atoms with Crippen LogP contribution in [0.5, 0.6) is 5.75 Å². The van der Waals surface area contributed by atoms with Gasteiger partial charge in [0, 0.05) is 18.0 Å². The summed E-state index contributed by atoms with van der Waals surface area (Å²) >= 11 is 0. The number of fused-ring (bicyclic) bond motifs is 1. The van der Waals surface area contributed by atoms with Crippen molar-refractivity contribution in [3.63, 3.8) is 0 Å². The number of aromatic nitrogens is 1. The fourth-order valence-electron chi connectivity index (χ4n) is 2.94. The van der Waals surface area contributed by atoms with Crippen molar-refractivity contribution in [2.75, 3.05) is 7.11 Å². The van der Waals surface area contributed by atoms with Gasteiger partial charge in [-0.25, -0.2) is 0 Å². The number of pyridine rings is 1. The minimum Gasteiger partial charge on any atom is -0.497 e. The molecule has 0 saturated carbocycles. The molecule has 1 aromatic heterocycles. The number of ether oxygens (including phenoxy) is 1. The Kier molecular flexibility index (Phi) is 5.92. The lowest BCUT2D eigenvalue weighted by atomic mass is 9.98. The van der Waals surface area contributed by atoms with Crippen LogP contribution in [0.25, 0.3) is 10.8 Å². The highest BCUT2D eigenvalue weighted by Gasteiger charge is 2.41. The molecule has 0 aliphatic heterocycles. The summed E-state index contributed by atoms with van der Waals surface area (Å²) in [5.74, 6) is 0.770. The van der Waals surface area contributed by atoms with Gasteiger partial charge in [-0.2, -0.15) is 0 Å². The van der Waals surface area contributed by atoms with E-state index in [9.17, 15) is 4.79 Å². The molecule has 0 N–H and O–H groups in total. The van der Waals surface area contributed by atoms with Gasteiger partial charge < -0.3 is 9.16 Å². The summed E-state index contributed by atoms with van der Waals surface area (Å²) < 4.78 is 11.9. The molecule has 29 heavy (non-hydrogen) atoms. The van der Waals surface area contributed by atoms with Gasteiger partial charge in [0.05, 0.1) is 7.11 Å². The van der Waals surface area contributed by atoms with Crippen molar-refractivity contribution in [1.29, 1.82) is 0 Å². The number of nitrogens with zero attached hydrogens (tertiary/aromatic N) is 1. The molecule has 0 fully saturated rings. The Hall–Kier alpha value is -2.50. The van der Waals surface area contributed by atoms with Crippen LogP contribution < -0.4 is 4.74 Å². The molecular weight excluding hydrogens is 378 g/mol. The highest BCUT2D eigenvalue weighted by Crippen LogP contribution is 2.40. The van der Waals surface area contributed by atoms with Crippen LogP contribution in [0.4, 0.5) is 0 Å². The largest absolute Gasteiger partial charge is 0.497 e. The normalized spacial score (nSPS) is 13.3. The van der Waals surface area contributed by atoms with Gasteiger partial charge in [-0.15, -0.1) is 0 Å². The van der Waals surface area contributed by atoms with Crippen molar-refractivity contribution in [3.05, 3.63) is 72.1 Å². The molecular formula is C24H29NO3Si. The van der Waals surface area contributed by atoms with Gasteiger partial charge in [0.2, 0.25) is 0 Å².